The van der Waals surface area contributed by atoms with Crippen LogP contribution in [0.4, 0.5) is 17.1 Å². The molecule has 0 radical (unpaired) electrons. The first-order valence-electron chi connectivity index (χ1n) is 15.0. The van der Waals surface area contributed by atoms with Crippen LogP contribution in [0.5, 0.6) is 11.5 Å². The van der Waals surface area contributed by atoms with Gasteiger partial charge in [0.15, 0.2) is 0 Å². The maximum Gasteiger partial charge on any atom is 0.255 e. The summed E-state index contributed by atoms with van der Waals surface area (Å²) < 4.78 is 3.94. The van der Waals surface area contributed by atoms with E-state index in [1.165, 1.54) is 45.2 Å². The Morgan fingerprint density at radius 3 is 2.27 bits per heavy atom. The highest BCUT2D eigenvalue weighted by atomic mass is 16.3. The third-order valence-corrected chi connectivity index (χ3v) is 8.62. The van der Waals surface area contributed by atoms with Crippen LogP contribution in [0.2, 0.25) is 0 Å². The van der Waals surface area contributed by atoms with Crippen LogP contribution in [0.15, 0.2) is 73.3 Å². The molecule has 4 N–H and O–H groups in total. The second kappa shape index (κ2) is 12.4. The Labute approximate surface area is 257 Å². The average molecular weight is 594 g/mol. The molecular weight excluding hydrogens is 554 g/mol. The topological polar surface area (TPSA) is 111 Å². The number of aromatic hydroxyl groups is 2. The summed E-state index contributed by atoms with van der Waals surface area (Å²) in [6, 6.07) is 16.5. The number of phenols is 2. The molecule has 3 heterocycles. The summed E-state index contributed by atoms with van der Waals surface area (Å²) in [5, 5.41) is 28.3. The number of anilines is 3. The first kappa shape index (κ1) is 29.3. The lowest BCUT2D eigenvalue weighted by Gasteiger charge is -2.32. The molecule has 3 aromatic carbocycles. The van der Waals surface area contributed by atoms with Gasteiger partial charge in [0.2, 0.25) is 0 Å². The van der Waals surface area contributed by atoms with E-state index in [1.807, 2.05) is 12.1 Å². The van der Waals surface area contributed by atoms with Crippen molar-refractivity contribution < 1.29 is 15.0 Å². The quantitative estimate of drug-likeness (QED) is 0.179. The van der Waals surface area contributed by atoms with E-state index in [4.69, 9.17) is 0 Å². The minimum absolute atomic E-state index is 0.179. The average Bonchev–Trinajstić information content (AvgIpc) is 3.61. The van der Waals surface area contributed by atoms with Crippen molar-refractivity contribution in [3.05, 3.63) is 90.1 Å². The Morgan fingerprint density at radius 1 is 0.886 bits per heavy atom. The molecule has 1 aliphatic heterocycles. The molecule has 1 amide bonds. The summed E-state index contributed by atoms with van der Waals surface area (Å²) in [7, 11) is 2.19. The lowest BCUT2D eigenvalue weighted by Crippen LogP contribution is -2.44. The van der Waals surface area contributed by atoms with Gasteiger partial charge in [-0.1, -0.05) is 0 Å². The lowest BCUT2D eigenvalue weighted by molar-refractivity contribution is 0.102. The van der Waals surface area contributed by atoms with Crippen LogP contribution in [-0.2, 0) is 6.54 Å². The molecule has 6 rings (SSSR count). The summed E-state index contributed by atoms with van der Waals surface area (Å²) in [6.45, 7) is 11.1. The summed E-state index contributed by atoms with van der Waals surface area (Å²) >= 11 is 0. The number of benzene rings is 3. The van der Waals surface area contributed by atoms with Gasteiger partial charge in [-0.05, 0) is 81.9 Å². The highest BCUT2D eigenvalue weighted by Gasteiger charge is 2.16. The van der Waals surface area contributed by atoms with Gasteiger partial charge in [0.1, 0.15) is 17.2 Å². The number of nitrogens with zero attached hydrogens (tertiary/aromatic N) is 5. The molecule has 2 aromatic heterocycles. The van der Waals surface area contributed by atoms with Gasteiger partial charge in [-0.2, -0.15) is 0 Å². The van der Waals surface area contributed by atoms with E-state index >= 15 is 0 Å². The van der Waals surface area contributed by atoms with Crippen molar-refractivity contribution in [1.29, 1.82) is 0 Å². The Hall–Kier alpha value is -4.80. The third-order valence-electron chi connectivity index (χ3n) is 8.62. The van der Waals surface area contributed by atoms with E-state index in [9.17, 15) is 15.0 Å². The normalized spacial score (nSPS) is 14.2. The van der Waals surface area contributed by atoms with Crippen molar-refractivity contribution >= 4 is 33.9 Å². The van der Waals surface area contributed by atoms with Crippen molar-refractivity contribution in [3.8, 4) is 17.2 Å². The molecule has 228 valence electrons. The largest absolute Gasteiger partial charge is 0.506 e. The van der Waals surface area contributed by atoms with Crippen LogP contribution in [0, 0.1) is 13.8 Å². The Balaban J connectivity index is 1.09. The number of nitrogens with one attached hydrogen (secondary N) is 2. The fourth-order valence-electron chi connectivity index (χ4n) is 5.95. The van der Waals surface area contributed by atoms with E-state index in [2.05, 4.69) is 69.1 Å². The molecule has 0 atom stereocenters. The fourth-order valence-corrected chi connectivity index (χ4v) is 5.95. The summed E-state index contributed by atoms with van der Waals surface area (Å²) in [5.41, 5.74) is 6.63. The zero-order valence-corrected chi connectivity index (χ0v) is 25.4. The number of aromatic nitrogens is 3. The maximum atomic E-state index is 12.9. The second-order valence-electron chi connectivity index (χ2n) is 11.6. The van der Waals surface area contributed by atoms with Crippen LogP contribution in [0.1, 0.15) is 28.0 Å². The minimum Gasteiger partial charge on any atom is -0.506 e. The number of hydrogen-bond acceptors (Lipinski definition) is 7. The highest BCUT2D eigenvalue weighted by molar-refractivity contribution is 6.04. The second-order valence-corrected chi connectivity index (χ2v) is 11.6. The summed E-state index contributed by atoms with van der Waals surface area (Å²) in [6.07, 6.45) is 5.75. The molecular formula is C34H39N7O3. The molecule has 0 aliphatic carbocycles. The summed E-state index contributed by atoms with van der Waals surface area (Å²) in [5.74, 6) is -0.713. The standard InChI is InChI=1S/C34H39N7O3/c1-23-24(2)41(13-4-12-39-17-15-38(3)16-18-39)30-10-9-27(19-29(23)30)36-26-7-5-25(6-8-26)34(44)37-28-20-31(42)33(32(43)21-28)40-14-11-35-22-40/h5-11,14,19-22,36,42-43H,4,12-13,15-18H2,1-3H3,(H,37,44). The predicted octanol–water partition coefficient (Wildman–Crippen LogP) is 5.49. The van der Waals surface area contributed by atoms with Crippen LogP contribution in [-0.4, -0.2) is 79.8 Å². The van der Waals surface area contributed by atoms with E-state index in [0.717, 1.165) is 57.1 Å². The van der Waals surface area contributed by atoms with Crippen LogP contribution in [0.25, 0.3) is 16.6 Å². The number of piperazine rings is 1. The van der Waals surface area contributed by atoms with Crippen molar-refractivity contribution in [2.45, 2.75) is 26.8 Å². The van der Waals surface area contributed by atoms with Crippen molar-refractivity contribution in [2.75, 3.05) is 50.4 Å². The molecule has 5 aromatic rings. The van der Waals surface area contributed by atoms with Crippen molar-refractivity contribution in [2.24, 2.45) is 0 Å². The smallest absolute Gasteiger partial charge is 0.255 e. The van der Waals surface area contributed by atoms with Crippen molar-refractivity contribution in [1.82, 2.24) is 23.9 Å². The van der Waals surface area contributed by atoms with Crippen LogP contribution >= 0.6 is 0 Å². The highest BCUT2D eigenvalue weighted by Crippen LogP contribution is 2.35. The Kier molecular flexibility index (Phi) is 8.28. The minimum atomic E-state index is -0.354. The van der Waals surface area contributed by atoms with Gasteiger partial charge >= 0.3 is 0 Å². The SMILES string of the molecule is Cc1c(C)n(CCCN2CCN(C)CC2)c2ccc(Nc3ccc(C(=O)Nc4cc(O)c(-n5ccnc5)c(O)c4)cc3)cc12. The molecule has 10 heteroatoms. The molecule has 1 aliphatic rings. The van der Waals surface area contributed by atoms with E-state index in [0.29, 0.717) is 5.56 Å². The van der Waals surface area contributed by atoms with E-state index in [1.54, 1.807) is 24.5 Å². The van der Waals surface area contributed by atoms with E-state index < -0.39 is 0 Å². The molecule has 0 unspecified atom stereocenters. The molecule has 0 saturated carbocycles. The van der Waals surface area contributed by atoms with Crippen LogP contribution in [0.3, 0.4) is 0 Å². The zero-order chi connectivity index (χ0) is 30.8. The zero-order valence-electron chi connectivity index (χ0n) is 25.4. The summed E-state index contributed by atoms with van der Waals surface area (Å²) in [4.78, 5) is 21.8. The first-order chi connectivity index (χ1) is 21.3. The number of amides is 1. The molecule has 1 fully saturated rings. The fraction of sp³-hybridized carbons (Fsp3) is 0.294. The first-order valence-corrected chi connectivity index (χ1v) is 15.0. The van der Waals surface area contributed by atoms with Crippen LogP contribution < -0.4 is 10.6 Å². The van der Waals surface area contributed by atoms with Gasteiger partial charge in [0, 0.05) is 96.5 Å². The molecule has 44 heavy (non-hydrogen) atoms. The van der Waals surface area contributed by atoms with Gasteiger partial charge in [-0.3, -0.25) is 9.36 Å². The number of hydrogen-bond donors (Lipinski definition) is 4. The number of aryl methyl sites for hydroxylation is 2. The van der Waals surface area contributed by atoms with Crippen molar-refractivity contribution in [3.63, 3.8) is 0 Å². The van der Waals surface area contributed by atoms with Gasteiger partial charge in [-0.25, -0.2) is 4.98 Å². The Bertz CT molecular complexity index is 1750. The number of imidazole rings is 1. The molecule has 0 spiro atoms. The monoisotopic (exact) mass is 593 g/mol. The predicted molar refractivity (Wildman–Crippen MR) is 175 cm³/mol. The van der Waals surface area contributed by atoms with Gasteiger partial charge < -0.3 is 35.2 Å². The number of carbonyl (C=O) groups is 1. The molecule has 10 nitrogen and oxygen atoms in total. The third kappa shape index (κ3) is 6.13. The number of carbonyl (C=O) groups excluding carboxylic acids is 1. The number of rotatable bonds is 9. The number of phenolic OH excluding ortho intramolecular Hbond substituents is 2. The maximum absolute atomic E-state index is 12.9. The number of fused-ring (bicyclic) bond motifs is 1. The van der Waals surface area contributed by atoms with E-state index in [-0.39, 0.29) is 28.8 Å². The molecule has 1 saturated heterocycles. The van der Waals surface area contributed by atoms with Gasteiger partial charge in [0.25, 0.3) is 5.91 Å². The number of likely N-dealkylation sites (N-methyl/N-ethyl adjacent to an activating group) is 1. The molecule has 0 bridgehead atoms. The van der Waals surface area contributed by atoms with Gasteiger partial charge in [0.05, 0.1) is 6.33 Å². The lowest BCUT2D eigenvalue weighted by atomic mass is 10.1. The Morgan fingerprint density at radius 2 is 1.59 bits per heavy atom. The van der Waals surface area contributed by atoms with Gasteiger partial charge in [-0.15, -0.1) is 0 Å².